The number of methoxy groups -OCH3 is 1. The largest absolute Gasteiger partial charge is 0.379 e. The van der Waals surface area contributed by atoms with Gasteiger partial charge >= 0.3 is 0 Å². The van der Waals surface area contributed by atoms with Crippen molar-refractivity contribution in [2.45, 2.75) is 31.0 Å². The summed E-state index contributed by atoms with van der Waals surface area (Å²) < 4.78 is 22.3. The third kappa shape index (κ3) is 3.94. The highest BCUT2D eigenvalue weighted by molar-refractivity contribution is 6.31. The quantitative estimate of drug-likeness (QED) is 0.412. The Labute approximate surface area is 214 Å². The van der Waals surface area contributed by atoms with Crippen molar-refractivity contribution >= 4 is 45.6 Å². The number of nitrogens with one attached hydrogen (secondary N) is 2. The number of fused-ring (bicyclic) bond motifs is 2. The molecule has 0 spiro atoms. The lowest BCUT2D eigenvalue weighted by Crippen LogP contribution is -2.49. The Morgan fingerprint density at radius 3 is 2.95 bits per heavy atom. The molecule has 6 rings (SSSR count). The van der Waals surface area contributed by atoms with Gasteiger partial charge in [-0.15, -0.1) is 5.10 Å². The van der Waals surface area contributed by atoms with Crippen LogP contribution in [0.15, 0.2) is 48.9 Å². The van der Waals surface area contributed by atoms with Crippen LogP contribution >= 0.6 is 11.6 Å². The maximum Gasteiger partial charge on any atom is 0.247 e. The first-order chi connectivity index (χ1) is 17.9. The van der Waals surface area contributed by atoms with Crippen LogP contribution in [0.2, 0.25) is 5.02 Å². The van der Waals surface area contributed by atoms with Gasteiger partial charge in [-0.1, -0.05) is 11.6 Å². The highest BCUT2D eigenvalue weighted by atomic mass is 35.5. The molecule has 0 saturated carbocycles. The van der Waals surface area contributed by atoms with E-state index in [1.54, 1.807) is 24.4 Å². The molecule has 4 aromatic rings. The first kappa shape index (κ1) is 23.3. The van der Waals surface area contributed by atoms with Gasteiger partial charge in [-0.2, -0.15) is 9.78 Å². The van der Waals surface area contributed by atoms with E-state index in [1.165, 1.54) is 35.2 Å². The number of hydrogen-bond acceptors (Lipinski definition) is 7. The number of halogens is 2. The molecular weight excluding hydrogens is 503 g/mol. The lowest BCUT2D eigenvalue weighted by atomic mass is 9.91. The van der Waals surface area contributed by atoms with E-state index in [9.17, 15) is 9.59 Å². The van der Waals surface area contributed by atoms with Gasteiger partial charge < -0.3 is 15.0 Å². The van der Waals surface area contributed by atoms with Crippen molar-refractivity contribution in [2.24, 2.45) is 0 Å². The molecule has 1 saturated heterocycles. The molecule has 37 heavy (non-hydrogen) atoms. The van der Waals surface area contributed by atoms with Crippen LogP contribution in [0.1, 0.15) is 18.4 Å². The fraction of sp³-hybridized carbons (Fsp3) is 0.250. The molecule has 4 heterocycles. The summed E-state index contributed by atoms with van der Waals surface area (Å²) >= 11 is 6.10. The van der Waals surface area contributed by atoms with Gasteiger partial charge in [-0.25, -0.2) is 4.39 Å². The predicted octanol–water partition coefficient (Wildman–Crippen LogP) is 2.74. The summed E-state index contributed by atoms with van der Waals surface area (Å²) in [5.41, 5.74) is 2.32. The number of ether oxygens (including phenoxy) is 1. The third-order valence-corrected chi connectivity index (χ3v) is 7.15. The van der Waals surface area contributed by atoms with Crippen LogP contribution in [0.25, 0.3) is 22.2 Å². The number of aromatic amines is 1. The minimum atomic E-state index is -0.761. The van der Waals surface area contributed by atoms with E-state index in [4.69, 9.17) is 16.3 Å². The zero-order valence-electron chi connectivity index (χ0n) is 19.4. The van der Waals surface area contributed by atoms with Gasteiger partial charge in [0.15, 0.2) is 5.82 Å². The number of carbonyl (C=O) groups excluding carboxylic acids is 2. The number of H-pyrrole nitrogens is 1. The molecule has 1 fully saturated rings. The minimum absolute atomic E-state index is 0.0934. The monoisotopic (exact) mass is 522 g/mol. The van der Waals surface area contributed by atoms with Crippen LogP contribution in [0.4, 0.5) is 10.1 Å². The molecule has 0 aliphatic carbocycles. The summed E-state index contributed by atoms with van der Waals surface area (Å²) in [6, 6.07) is 7.13. The van der Waals surface area contributed by atoms with E-state index >= 15 is 4.39 Å². The van der Waals surface area contributed by atoms with Gasteiger partial charge in [0.2, 0.25) is 11.8 Å². The lowest BCUT2D eigenvalue weighted by Gasteiger charge is -2.34. The van der Waals surface area contributed by atoms with Crippen molar-refractivity contribution in [2.75, 3.05) is 12.4 Å². The molecule has 2 N–H and O–H groups in total. The van der Waals surface area contributed by atoms with E-state index in [1.807, 2.05) is 6.07 Å². The molecule has 2 aliphatic rings. The summed E-state index contributed by atoms with van der Waals surface area (Å²) in [4.78, 5) is 28.2. The van der Waals surface area contributed by atoms with E-state index < -0.39 is 29.9 Å². The summed E-state index contributed by atoms with van der Waals surface area (Å²) in [6.07, 6.45) is 4.45. The molecule has 0 radical (unpaired) electrons. The zero-order valence-corrected chi connectivity index (χ0v) is 20.2. The number of amides is 2. The van der Waals surface area contributed by atoms with E-state index in [0.29, 0.717) is 23.4 Å². The Kier molecular flexibility index (Phi) is 5.69. The second-order valence-electron chi connectivity index (χ2n) is 8.88. The number of nitrogens with zero attached hydrogens (tertiary/aromatic N) is 6. The van der Waals surface area contributed by atoms with Gasteiger partial charge in [0.1, 0.15) is 12.4 Å². The van der Waals surface area contributed by atoms with E-state index in [0.717, 1.165) is 10.9 Å². The second-order valence-corrected chi connectivity index (χ2v) is 9.29. The lowest BCUT2D eigenvalue weighted by molar-refractivity contribution is -0.135. The molecule has 188 valence electrons. The number of aromatic nitrogens is 6. The van der Waals surface area contributed by atoms with E-state index in [2.05, 4.69) is 31.0 Å². The molecule has 2 aromatic carbocycles. The van der Waals surface area contributed by atoms with Gasteiger partial charge in [-0.3, -0.25) is 14.7 Å². The fourth-order valence-corrected chi connectivity index (χ4v) is 5.33. The maximum absolute atomic E-state index is 15.3. The standard InChI is InChI=1S/C24H20ClFN8O3/c1-37-20-9-19(24(36)29-14-2-4-16-13(6-14)10-27-30-16)34-18(20)7-12(8-21(34)35)22-17(33-11-28-31-32-33)5-3-15(25)23(22)26/h2-6,8,10-11,18-20H,7,9H2,1H3,(H,27,30)(H,29,36)/t18?,19-,20-/m0/s1. The molecule has 1 unspecified atom stereocenters. The summed E-state index contributed by atoms with van der Waals surface area (Å²) in [5, 5.41) is 21.6. The maximum atomic E-state index is 15.3. The highest BCUT2D eigenvalue weighted by Crippen LogP contribution is 2.41. The summed E-state index contributed by atoms with van der Waals surface area (Å²) in [6.45, 7) is 0. The first-order valence-corrected chi connectivity index (χ1v) is 11.8. The molecule has 2 aromatic heterocycles. The third-order valence-electron chi connectivity index (χ3n) is 6.86. The first-order valence-electron chi connectivity index (χ1n) is 11.5. The second kappa shape index (κ2) is 9.05. The van der Waals surface area contributed by atoms with Crippen LogP contribution in [0.3, 0.4) is 0 Å². The van der Waals surface area contributed by atoms with Crippen LogP contribution in [-0.4, -0.2) is 72.4 Å². The van der Waals surface area contributed by atoms with Crippen molar-refractivity contribution < 1.29 is 18.7 Å². The van der Waals surface area contributed by atoms with Crippen molar-refractivity contribution in [1.29, 1.82) is 0 Å². The average molecular weight is 523 g/mol. The number of carbonyl (C=O) groups is 2. The van der Waals surface area contributed by atoms with Crippen LogP contribution < -0.4 is 5.32 Å². The molecule has 13 heteroatoms. The number of tetrazole rings is 1. The minimum Gasteiger partial charge on any atom is -0.379 e. The Morgan fingerprint density at radius 1 is 1.30 bits per heavy atom. The number of anilines is 1. The van der Waals surface area contributed by atoms with Gasteiger partial charge in [0.05, 0.1) is 34.6 Å². The summed E-state index contributed by atoms with van der Waals surface area (Å²) in [5.74, 6) is -1.43. The van der Waals surface area contributed by atoms with Crippen molar-refractivity contribution in [3.05, 3.63) is 65.3 Å². The van der Waals surface area contributed by atoms with Gasteiger partial charge in [0.25, 0.3) is 0 Å². The number of rotatable bonds is 5. The number of benzene rings is 2. The Morgan fingerprint density at radius 2 is 2.16 bits per heavy atom. The van der Waals surface area contributed by atoms with Gasteiger partial charge in [-0.05, 0) is 52.8 Å². The fourth-order valence-electron chi connectivity index (χ4n) is 5.17. The van der Waals surface area contributed by atoms with Crippen LogP contribution in [0.5, 0.6) is 0 Å². The van der Waals surface area contributed by atoms with Crippen molar-refractivity contribution in [3.63, 3.8) is 0 Å². The Bertz CT molecular complexity index is 1550. The zero-order chi connectivity index (χ0) is 25.7. The topological polar surface area (TPSA) is 131 Å². The normalized spacial score (nSPS) is 21.3. The predicted molar refractivity (Wildman–Crippen MR) is 131 cm³/mol. The molecule has 2 aliphatic heterocycles. The van der Waals surface area contributed by atoms with Gasteiger partial charge in [0, 0.05) is 36.2 Å². The van der Waals surface area contributed by atoms with E-state index in [-0.39, 0.29) is 22.9 Å². The van der Waals surface area contributed by atoms with Crippen LogP contribution in [0, 0.1) is 5.82 Å². The molecular formula is C24H20ClFN8O3. The number of hydrogen-bond donors (Lipinski definition) is 2. The SMILES string of the molecule is CO[C@H]1C[C@@H](C(=O)Nc2ccc3[nH]ncc3c2)N2C(=O)C=C(c3c(-n4cnnn4)ccc(Cl)c3F)CC12. The van der Waals surface area contributed by atoms with Crippen molar-refractivity contribution in [3.8, 4) is 5.69 Å². The smallest absolute Gasteiger partial charge is 0.247 e. The average Bonchev–Trinajstić information content (AvgIpc) is 3.65. The van der Waals surface area contributed by atoms with Crippen LogP contribution in [-0.2, 0) is 14.3 Å². The molecule has 0 bridgehead atoms. The molecule has 2 amide bonds. The molecule has 3 atom stereocenters. The Hall–Kier alpha value is -4.16. The molecule has 11 nitrogen and oxygen atoms in total. The summed E-state index contributed by atoms with van der Waals surface area (Å²) in [7, 11) is 1.53. The highest BCUT2D eigenvalue weighted by Gasteiger charge is 2.49. The van der Waals surface area contributed by atoms with Crippen molar-refractivity contribution in [1.82, 2.24) is 35.3 Å². The Balaban J connectivity index is 1.33.